The van der Waals surface area contributed by atoms with Crippen molar-refractivity contribution < 1.29 is 13.7 Å². The van der Waals surface area contributed by atoms with Crippen molar-refractivity contribution in [2.24, 2.45) is 5.92 Å². The molecule has 0 amide bonds. The van der Waals surface area contributed by atoms with Gasteiger partial charge in [0.2, 0.25) is 8.32 Å². The third kappa shape index (κ3) is 5.73. The first-order valence-corrected chi connectivity index (χ1v) is 13.2. The zero-order valence-electron chi connectivity index (χ0n) is 18.1. The first kappa shape index (κ1) is 21.8. The Morgan fingerprint density at radius 3 is 2.12 bits per heavy atom. The van der Waals surface area contributed by atoms with Crippen molar-refractivity contribution in [3.8, 4) is 11.8 Å². The highest BCUT2D eigenvalue weighted by Crippen LogP contribution is 2.38. The van der Waals surface area contributed by atoms with Gasteiger partial charge in [-0.2, -0.15) is 0 Å². The normalized spacial score (nSPS) is 23.9. The van der Waals surface area contributed by atoms with Gasteiger partial charge < -0.3 is 13.7 Å². The monoisotopic (exact) mass is 376 g/mol. The minimum atomic E-state index is -2.00. The molecule has 2 fully saturated rings. The van der Waals surface area contributed by atoms with E-state index in [4.69, 9.17) is 13.7 Å². The highest BCUT2D eigenvalue weighted by Gasteiger charge is 2.52. The number of rotatable bonds is 4. The van der Waals surface area contributed by atoms with E-state index in [0.717, 1.165) is 5.47 Å². The zero-order chi connectivity index (χ0) is 19.6. The molecule has 0 radical (unpaired) electrons. The van der Waals surface area contributed by atoms with Gasteiger partial charge in [0.15, 0.2) is 0 Å². The lowest BCUT2D eigenvalue weighted by Gasteiger charge is -2.32. The molecule has 1 saturated carbocycles. The molecule has 0 aromatic heterocycles. The Balaban J connectivity index is 2.29. The Labute approximate surface area is 162 Å². The first-order chi connectivity index (χ1) is 11.9. The first-order valence-electron chi connectivity index (χ1n) is 10.2. The summed E-state index contributed by atoms with van der Waals surface area (Å²) < 4.78 is 18.8. The standard InChI is InChI=1S/C21H37BO3Si/c1-17(2)23-26(7,8)16-19(15-14-18-12-10-9-11-13-18)22-24-20(3,4)21(5,6)25-22/h16-18H,9-13H2,1-8H3/b19-16-. The van der Waals surface area contributed by atoms with Gasteiger partial charge in [0.05, 0.1) is 11.2 Å². The summed E-state index contributed by atoms with van der Waals surface area (Å²) in [4.78, 5) is 0. The van der Waals surface area contributed by atoms with E-state index in [1.807, 2.05) is 0 Å². The van der Waals surface area contributed by atoms with Crippen molar-refractivity contribution in [3.63, 3.8) is 0 Å². The molecular weight excluding hydrogens is 339 g/mol. The van der Waals surface area contributed by atoms with E-state index in [9.17, 15) is 0 Å². The van der Waals surface area contributed by atoms with E-state index >= 15 is 0 Å². The van der Waals surface area contributed by atoms with E-state index in [1.54, 1.807) is 0 Å². The van der Waals surface area contributed by atoms with Crippen LogP contribution in [0.2, 0.25) is 13.1 Å². The molecule has 5 heteroatoms. The van der Waals surface area contributed by atoms with Crippen LogP contribution in [0.25, 0.3) is 0 Å². The Bertz CT molecular complexity index is 562. The molecule has 0 bridgehead atoms. The third-order valence-corrected chi connectivity index (χ3v) is 7.66. The molecule has 1 aliphatic carbocycles. The van der Waals surface area contributed by atoms with Gasteiger partial charge >= 0.3 is 7.12 Å². The Morgan fingerprint density at radius 1 is 1.08 bits per heavy atom. The SMILES string of the molecule is CC(C)O[Si](C)(C)/C=C(/C#CC1CCCCC1)B1OC(C)(C)C(C)(C)O1. The molecule has 0 aromatic carbocycles. The number of hydrogen-bond acceptors (Lipinski definition) is 3. The fourth-order valence-electron chi connectivity index (χ4n) is 3.58. The predicted octanol–water partition coefficient (Wildman–Crippen LogP) is 5.30. The lowest BCUT2D eigenvalue weighted by Crippen LogP contribution is -2.41. The molecule has 0 atom stereocenters. The quantitative estimate of drug-likeness (QED) is 0.492. The molecular formula is C21H37BO3Si. The summed E-state index contributed by atoms with van der Waals surface area (Å²) in [6, 6.07) is 0. The van der Waals surface area contributed by atoms with E-state index in [0.29, 0.717) is 5.92 Å². The van der Waals surface area contributed by atoms with Gasteiger partial charge in [0, 0.05) is 17.5 Å². The molecule has 1 saturated heterocycles. The van der Waals surface area contributed by atoms with Crippen LogP contribution in [-0.4, -0.2) is 32.7 Å². The van der Waals surface area contributed by atoms with E-state index < -0.39 is 15.4 Å². The maximum Gasteiger partial charge on any atom is 0.503 e. The molecule has 0 N–H and O–H groups in total. The van der Waals surface area contributed by atoms with Crippen molar-refractivity contribution in [1.29, 1.82) is 0 Å². The van der Waals surface area contributed by atoms with Gasteiger partial charge in [-0.1, -0.05) is 36.8 Å². The summed E-state index contributed by atoms with van der Waals surface area (Å²) in [6.45, 7) is 17.0. The topological polar surface area (TPSA) is 27.7 Å². The second kappa shape index (κ2) is 8.22. The molecule has 1 heterocycles. The lowest BCUT2D eigenvalue weighted by atomic mass is 9.79. The van der Waals surface area contributed by atoms with E-state index in [-0.39, 0.29) is 17.3 Å². The van der Waals surface area contributed by atoms with Crippen LogP contribution in [0.3, 0.4) is 0 Å². The van der Waals surface area contributed by atoms with Crippen LogP contribution in [0.1, 0.15) is 73.6 Å². The van der Waals surface area contributed by atoms with Gasteiger partial charge in [-0.05, 0) is 67.5 Å². The van der Waals surface area contributed by atoms with E-state index in [2.05, 4.69) is 72.2 Å². The van der Waals surface area contributed by atoms with Crippen LogP contribution in [0.5, 0.6) is 0 Å². The third-order valence-electron chi connectivity index (χ3n) is 5.58. The van der Waals surface area contributed by atoms with Crippen LogP contribution in [0.4, 0.5) is 0 Å². The molecule has 3 nitrogen and oxygen atoms in total. The van der Waals surface area contributed by atoms with E-state index in [1.165, 1.54) is 32.1 Å². The molecule has 0 unspecified atom stereocenters. The van der Waals surface area contributed by atoms with Gasteiger partial charge in [-0.15, -0.1) is 0 Å². The fraction of sp³-hybridized carbons (Fsp3) is 0.810. The van der Waals surface area contributed by atoms with Crippen molar-refractivity contribution in [3.05, 3.63) is 11.2 Å². The van der Waals surface area contributed by atoms with Crippen molar-refractivity contribution in [2.75, 3.05) is 0 Å². The van der Waals surface area contributed by atoms with Gasteiger partial charge in [0.1, 0.15) is 0 Å². The van der Waals surface area contributed by atoms with Gasteiger partial charge in [-0.25, -0.2) is 0 Å². The number of allylic oxidation sites excluding steroid dienone is 1. The average Bonchev–Trinajstić information content (AvgIpc) is 2.71. The molecule has 2 aliphatic rings. The Hall–Kier alpha value is -0.538. The van der Waals surface area contributed by atoms with Crippen molar-refractivity contribution >= 4 is 15.4 Å². The Kier molecular flexibility index (Phi) is 6.88. The molecule has 1 aliphatic heterocycles. The lowest BCUT2D eigenvalue weighted by molar-refractivity contribution is 0.00578. The fourth-order valence-corrected chi connectivity index (χ4v) is 5.82. The summed E-state index contributed by atoms with van der Waals surface area (Å²) in [6.07, 6.45) is 6.58. The highest BCUT2D eigenvalue weighted by molar-refractivity contribution is 6.78. The summed E-state index contributed by atoms with van der Waals surface area (Å²) in [7, 11) is -2.40. The second-order valence-electron chi connectivity index (χ2n) is 9.56. The summed E-state index contributed by atoms with van der Waals surface area (Å²) in [5.41, 5.74) is 2.47. The van der Waals surface area contributed by atoms with Crippen LogP contribution >= 0.6 is 0 Å². The minimum Gasteiger partial charge on any atom is -0.411 e. The largest absolute Gasteiger partial charge is 0.503 e. The Morgan fingerprint density at radius 2 is 1.62 bits per heavy atom. The molecule has 2 rings (SSSR count). The van der Waals surface area contributed by atoms with Gasteiger partial charge in [-0.3, -0.25) is 0 Å². The van der Waals surface area contributed by atoms with Crippen LogP contribution < -0.4 is 0 Å². The minimum absolute atomic E-state index is 0.207. The van der Waals surface area contributed by atoms with Crippen LogP contribution in [-0.2, 0) is 13.7 Å². The smallest absolute Gasteiger partial charge is 0.411 e. The van der Waals surface area contributed by atoms with Crippen molar-refractivity contribution in [2.45, 2.75) is 104 Å². The predicted molar refractivity (Wildman–Crippen MR) is 112 cm³/mol. The molecule has 146 valence electrons. The molecule has 26 heavy (non-hydrogen) atoms. The zero-order valence-corrected chi connectivity index (χ0v) is 19.1. The summed E-state index contributed by atoms with van der Waals surface area (Å²) in [5, 5.41) is 0. The molecule has 0 spiro atoms. The average molecular weight is 376 g/mol. The highest BCUT2D eigenvalue weighted by atomic mass is 28.4. The maximum atomic E-state index is 6.29. The maximum absolute atomic E-state index is 6.29. The molecule has 0 aromatic rings. The summed E-state index contributed by atoms with van der Waals surface area (Å²) in [5.74, 6) is 7.47. The van der Waals surface area contributed by atoms with Crippen LogP contribution in [0, 0.1) is 17.8 Å². The number of hydrogen-bond donors (Lipinski definition) is 0. The van der Waals surface area contributed by atoms with Gasteiger partial charge in [0.25, 0.3) is 0 Å². The van der Waals surface area contributed by atoms with Crippen molar-refractivity contribution in [1.82, 2.24) is 0 Å². The van der Waals surface area contributed by atoms with Crippen LogP contribution in [0.15, 0.2) is 11.2 Å². The second-order valence-corrected chi connectivity index (χ2v) is 13.3. The summed E-state index contributed by atoms with van der Waals surface area (Å²) >= 11 is 0.